The maximum Gasteiger partial charge on any atom is 0.265 e. The number of sulfonamides is 1. The van der Waals surface area contributed by atoms with E-state index in [9.17, 15) is 13.2 Å². The Balaban J connectivity index is 1.30. The Bertz CT molecular complexity index is 1120. The normalized spacial score (nSPS) is 14.3. The number of amides is 1. The number of hydrogen-bond acceptors (Lipinski definition) is 4. The Morgan fingerprint density at radius 1 is 0.966 bits per heavy atom. The van der Waals surface area contributed by atoms with Crippen LogP contribution in [0.15, 0.2) is 71.6 Å². The maximum atomic E-state index is 12.9. The molecule has 150 valence electrons. The van der Waals surface area contributed by atoms with Crippen molar-refractivity contribution in [2.75, 3.05) is 24.0 Å². The van der Waals surface area contributed by atoms with E-state index in [2.05, 4.69) is 5.32 Å². The van der Waals surface area contributed by atoms with Gasteiger partial charge in [-0.05, 0) is 29.5 Å². The third kappa shape index (κ3) is 3.97. The van der Waals surface area contributed by atoms with Crippen molar-refractivity contribution < 1.29 is 17.9 Å². The van der Waals surface area contributed by atoms with Gasteiger partial charge in [-0.1, -0.05) is 54.6 Å². The topological polar surface area (TPSA) is 75.7 Å². The predicted octanol–water partition coefficient (Wildman–Crippen LogP) is 3.07. The van der Waals surface area contributed by atoms with E-state index in [1.165, 1.54) is 4.31 Å². The maximum absolute atomic E-state index is 12.9. The van der Waals surface area contributed by atoms with Gasteiger partial charge in [0.2, 0.25) is 5.91 Å². The van der Waals surface area contributed by atoms with E-state index >= 15 is 0 Å². The van der Waals surface area contributed by atoms with Gasteiger partial charge in [0.1, 0.15) is 6.54 Å². The highest BCUT2D eigenvalue weighted by Gasteiger charge is 2.36. The second-order valence-electron chi connectivity index (χ2n) is 6.88. The zero-order valence-electron chi connectivity index (χ0n) is 15.9. The summed E-state index contributed by atoms with van der Waals surface area (Å²) in [5, 5.41) is 4.31. The van der Waals surface area contributed by atoms with Gasteiger partial charge in [0.05, 0.1) is 17.2 Å². The van der Waals surface area contributed by atoms with Gasteiger partial charge in [-0.2, -0.15) is 0 Å². The number of carbonyl (C=O) groups is 1. The summed E-state index contributed by atoms with van der Waals surface area (Å²) >= 11 is 0. The number of nitrogens with one attached hydrogen (secondary N) is 1. The second-order valence-corrected chi connectivity index (χ2v) is 8.72. The number of benzene rings is 3. The van der Waals surface area contributed by atoms with Crippen LogP contribution in [0, 0.1) is 0 Å². The van der Waals surface area contributed by atoms with E-state index < -0.39 is 10.0 Å². The first-order valence-corrected chi connectivity index (χ1v) is 10.9. The zero-order chi connectivity index (χ0) is 20.3. The number of carbonyl (C=O) groups excluding carboxylic acids is 1. The lowest BCUT2D eigenvalue weighted by molar-refractivity contribution is -0.119. The lowest BCUT2D eigenvalue weighted by Gasteiger charge is -2.18. The van der Waals surface area contributed by atoms with Gasteiger partial charge in [-0.3, -0.25) is 9.10 Å². The van der Waals surface area contributed by atoms with E-state index in [1.807, 2.05) is 42.5 Å². The fourth-order valence-corrected chi connectivity index (χ4v) is 5.15. The molecule has 6 nitrogen and oxygen atoms in total. The Morgan fingerprint density at radius 3 is 2.52 bits per heavy atom. The molecule has 0 radical (unpaired) electrons. The van der Waals surface area contributed by atoms with E-state index in [0.29, 0.717) is 37.3 Å². The molecule has 1 amide bonds. The van der Waals surface area contributed by atoms with E-state index in [-0.39, 0.29) is 17.3 Å². The van der Waals surface area contributed by atoms with Crippen molar-refractivity contribution in [2.45, 2.75) is 17.9 Å². The molecular formula is C22H22N2O4S. The molecular weight excluding hydrogens is 388 g/mol. The van der Waals surface area contributed by atoms with E-state index in [4.69, 9.17) is 4.74 Å². The molecule has 0 saturated heterocycles. The number of rotatable bonds is 8. The molecule has 0 fully saturated rings. The summed E-state index contributed by atoms with van der Waals surface area (Å²) in [5.74, 6) is -0.332. The molecule has 3 aromatic rings. The quantitative estimate of drug-likeness (QED) is 0.579. The first-order chi connectivity index (χ1) is 14.1. The first-order valence-electron chi connectivity index (χ1n) is 9.50. The lowest BCUT2D eigenvalue weighted by Crippen LogP contribution is -2.39. The fraction of sp³-hybridized carbons (Fsp3) is 0.227. The molecule has 1 aliphatic rings. The molecule has 7 heteroatoms. The number of nitrogens with zero attached hydrogens (tertiary/aromatic N) is 1. The highest BCUT2D eigenvalue weighted by Crippen LogP contribution is 2.41. The molecule has 1 heterocycles. The van der Waals surface area contributed by atoms with Gasteiger partial charge in [-0.25, -0.2) is 8.42 Å². The molecule has 3 aromatic carbocycles. The van der Waals surface area contributed by atoms with Crippen molar-refractivity contribution in [1.29, 1.82) is 0 Å². The summed E-state index contributed by atoms with van der Waals surface area (Å²) in [5.41, 5.74) is 1.66. The van der Waals surface area contributed by atoms with Crippen molar-refractivity contribution in [2.24, 2.45) is 0 Å². The van der Waals surface area contributed by atoms with Crippen LogP contribution in [-0.4, -0.2) is 34.0 Å². The van der Waals surface area contributed by atoms with Crippen molar-refractivity contribution in [3.8, 4) is 0 Å². The molecule has 1 aliphatic heterocycles. The Labute approximate surface area is 170 Å². The average Bonchev–Trinajstić information content (AvgIpc) is 2.95. The Hall–Kier alpha value is -2.90. The molecule has 0 bridgehead atoms. The van der Waals surface area contributed by atoms with Crippen LogP contribution in [0.3, 0.4) is 0 Å². The van der Waals surface area contributed by atoms with Crippen LogP contribution in [0.4, 0.5) is 5.69 Å². The molecule has 1 N–H and O–H groups in total. The first kappa shape index (κ1) is 19.4. The summed E-state index contributed by atoms with van der Waals surface area (Å²) in [6, 6.07) is 20.5. The minimum atomic E-state index is -3.72. The van der Waals surface area contributed by atoms with Gasteiger partial charge < -0.3 is 10.1 Å². The van der Waals surface area contributed by atoms with E-state index in [1.54, 1.807) is 24.3 Å². The highest BCUT2D eigenvalue weighted by molar-refractivity contribution is 7.93. The number of ether oxygens (including phenoxy) is 1. The summed E-state index contributed by atoms with van der Waals surface area (Å²) in [7, 11) is -3.72. The molecule has 4 rings (SSSR count). The summed E-state index contributed by atoms with van der Waals surface area (Å²) in [6.45, 7) is 1.24. The second kappa shape index (κ2) is 8.23. The third-order valence-electron chi connectivity index (χ3n) is 4.87. The van der Waals surface area contributed by atoms with Crippen LogP contribution in [-0.2, 0) is 26.2 Å². The minimum Gasteiger partial charge on any atom is -0.377 e. The standard InChI is InChI=1S/C22H22N2O4S/c25-21(23-13-6-14-28-16-17-7-2-1-3-8-17)15-24-19-11-4-9-18-10-5-12-20(22(18)19)29(24,26)27/h1-5,7-12H,6,13-16H2,(H,23,25). The van der Waals surface area contributed by atoms with Crippen LogP contribution in [0.2, 0.25) is 0 Å². The summed E-state index contributed by atoms with van der Waals surface area (Å²) < 4.78 is 32.5. The van der Waals surface area contributed by atoms with Gasteiger partial charge in [-0.15, -0.1) is 0 Å². The Morgan fingerprint density at radius 2 is 1.72 bits per heavy atom. The average molecular weight is 410 g/mol. The summed E-state index contributed by atoms with van der Waals surface area (Å²) in [4.78, 5) is 12.6. The monoisotopic (exact) mass is 410 g/mol. The Kier molecular flexibility index (Phi) is 5.51. The molecule has 0 aliphatic carbocycles. The predicted molar refractivity (Wildman–Crippen MR) is 112 cm³/mol. The SMILES string of the molecule is O=C(CN1c2cccc3cccc(c23)S1(=O)=O)NCCCOCc1ccccc1. The minimum absolute atomic E-state index is 0.235. The van der Waals surface area contributed by atoms with Crippen LogP contribution >= 0.6 is 0 Å². The zero-order valence-corrected chi connectivity index (χ0v) is 16.7. The van der Waals surface area contributed by atoms with Gasteiger partial charge in [0, 0.05) is 18.5 Å². The van der Waals surface area contributed by atoms with Gasteiger partial charge in [0.25, 0.3) is 10.0 Å². The molecule has 0 spiro atoms. The molecule has 0 atom stereocenters. The number of hydrogen-bond donors (Lipinski definition) is 1. The molecule has 0 unspecified atom stereocenters. The molecule has 0 aromatic heterocycles. The molecule has 29 heavy (non-hydrogen) atoms. The van der Waals surface area contributed by atoms with Gasteiger partial charge >= 0.3 is 0 Å². The molecule has 0 saturated carbocycles. The van der Waals surface area contributed by atoms with Crippen molar-refractivity contribution in [1.82, 2.24) is 5.32 Å². The lowest BCUT2D eigenvalue weighted by atomic mass is 10.1. The fourth-order valence-electron chi connectivity index (χ4n) is 3.48. The van der Waals surface area contributed by atoms with Crippen molar-refractivity contribution in [3.63, 3.8) is 0 Å². The van der Waals surface area contributed by atoms with E-state index in [0.717, 1.165) is 10.9 Å². The summed E-state index contributed by atoms with van der Waals surface area (Å²) in [6.07, 6.45) is 0.654. The van der Waals surface area contributed by atoms with Crippen molar-refractivity contribution in [3.05, 3.63) is 72.3 Å². The number of anilines is 1. The third-order valence-corrected chi connectivity index (χ3v) is 6.67. The highest BCUT2D eigenvalue weighted by atomic mass is 32.2. The van der Waals surface area contributed by atoms with Gasteiger partial charge in [0.15, 0.2) is 0 Å². The van der Waals surface area contributed by atoms with Crippen molar-refractivity contribution >= 4 is 32.4 Å². The van der Waals surface area contributed by atoms with Crippen LogP contribution in [0.25, 0.3) is 10.8 Å². The smallest absolute Gasteiger partial charge is 0.265 e. The van der Waals surface area contributed by atoms with Crippen LogP contribution < -0.4 is 9.62 Å². The van der Waals surface area contributed by atoms with Crippen LogP contribution in [0.1, 0.15) is 12.0 Å². The largest absolute Gasteiger partial charge is 0.377 e. The van der Waals surface area contributed by atoms with Crippen LogP contribution in [0.5, 0.6) is 0 Å².